The minimum atomic E-state index is -0.392. The Morgan fingerprint density at radius 2 is 2.29 bits per heavy atom. The van der Waals surface area contributed by atoms with Gasteiger partial charge in [0, 0.05) is 20.6 Å². The molecule has 0 atom stereocenters. The number of hydrogen-bond acceptors (Lipinski definition) is 5. The fourth-order valence-corrected chi connectivity index (χ4v) is 1.71. The van der Waals surface area contributed by atoms with E-state index >= 15 is 0 Å². The first-order valence-electron chi connectivity index (χ1n) is 5.65. The molecule has 1 fully saturated rings. The van der Waals surface area contributed by atoms with E-state index in [0.717, 1.165) is 12.5 Å². The number of aromatic nitrogens is 1. The van der Waals surface area contributed by atoms with Crippen LogP contribution in [0.15, 0.2) is 12.1 Å². The molecule has 6 nitrogen and oxygen atoms in total. The predicted octanol–water partition coefficient (Wildman–Crippen LogP) is 1.88. The van der Waals surface area contributed by atoms with Crippen LogP contribution in [0.3, 0.4) is 0 Å². The first-order chi connectivity index (χ1) is 8.10. The van der Waals surface area contributed by atoms with Crippen molar-refractivity contribution in [2.75, 3.05) is 30.9 Å². The van der Waals surface area contributed by atoms with E-state index in [2.05, 4.69) is 10.3 Å². The van der Waals surface area contributed by atoms with Gasteiger partial charge in [-0.15, -0.1) is 0 Å². The molecule has 1 aliphatic carbocycles. The molecule has 1 N–H and O–H groups in total. The summed E-state index contributed by atoms with van der Waals surface area (Å²) in [4.78, 5) is 16.7. The molecule has 6 heteroatoms. The zero-order valence-electron chi connectivity index (χ0n) is 10.0. The Balaban J connectivity index is 2.24. The highest BCUT2D eigenvalue weighted by Crippen LogP contribution is 2.31. The van der Waals surface area contributed by atoms with Gasteiger partial charge in [0.05, 0.1) is 17.1 Å². The van der Waals surface area contributed by atoms with Gasteiger partial charge in [0.1, 0.15) is 11.6 Å². The minimum Gasteiger partial charge on any atom is -0.373 e. The smallest absolute Gasteiger partial charge is 0.276 e. The number of rotatable bonds is 5. The molecule has 0 radical (unpaired) electrons. The van der Waals surface area contributed by atoms with Crippen LogP contribution in [0.1, 0.15) is 12.8 Å². The Hall–Kier alpha value is -1.85. The Morgan fingerprint density at radius 3 is 2.82 bits per heavy atom. The third-order valence-electron chi connectivity index (χ3n) is 2.88. The molecule has 92 valence electrons. The Kier molecular flexibility index (Phi) is 3.12. The Labute approximate surface area is 99.8 Å². The Morgan fingerprint density at radius 1 is 1.59 bits per heavy atom. The summed E-state index contributed by atoms with van der Waals surface area (Å²) in [7, 11) is 3.63. The molecule has 1 aromatic heterocycles. The van der Waals surface area contributed by atoms with Gasteiger partial charge in [-0.05, 0) is 18.8 Å². The van der Waals surface area contributed by atoms with Crippen LogP contribution < -0.4 is 10.2 Å². The monoisotopic (exact) mass is 236 g/mol. The standard InChI is InChI=1S/C11H16N4O2/c1-12-10-5-9(15(16)17)6-11(13-10)14(2)7-8-3-4-8/h5-6,8H,3-4,7H2,1-2H3,(H,12,13). The van der Waals surface area contributed by atoms with Crippen molar-refractivity contribution < 1.29 is 4.92 Å². The lowest BCUT2D eigenvalue weighted by molar-refractivity contribution is -0.384. The van der Waals surface area contributed by atoms with Gasteiger partial charge in [-0.3, -0.25) is 10.1 Å². The Bertz CT molecular complexity index is 431. The van der Waals surface area contributed by atoms with Gasteiger partial charge in [-0.1, -0.05) is 0 Å². The lowest BCUT2D eigenvalue weighted by Crippen LogP contribution is -2.21. The summed E-state index contributed by atoms with van der Waals surface area (Å²) in [5.74, 6) is 1.89. The van der Waals surface area contributed by atoms with Crippen molar-refractivity contribution in [3.63, 3.8) is 0 Å². The highest BCUT2D eigenvalue weighted by Gasteiger charge is 2.24. The molecule has 0 bridgehead atoms. The van der Waals surface area contributed by atoms with Crippen LogP contribution in [0.25, 0.3) is 0 Å². The second-order valence-electron chi connectivity index (χ2n) is 4.40. The molecule has 0 saturated heterocycles. The molecule has 0 aromatic carbocycles. The summed E-state index contributed by atoms with van der Waals surface area (Å²) in [5.41, 5.74) is 0.0713. The molecule has 0 aliphatic heterocycles. The van der Waals surface area contributed by atoms with Crippen molar-refractivity contribution in [2.45, 2.75) is 12.8 Å². The molecule has 0 amide bonds. The van der Waals surface area contributed by atoms with Crippen molar-refractivity contribution in [2.24, 2.45) is 5.92 Å². The van der Waals surface area contributed by atoms with Gasteiger partial charge >= 0.3 is 0 Å². The number of nitrogens with one attached hydrogen (secondary N) is 1. The van der Waals surface area contributed by atoms with Crippen molar-refractivity contribution in [1.82, 2.24) is 4.98 Å². The SMILES string of the molecule is CNc1cc([N+](=O)[O-])cc(N(C)CC2CC2)n1. The van der Waals surface area contributed by atoms with E-state index in [4.69, 9.17) is 0 Å². The second-order valence-corrected chi connectivity index (χ2v) is 4.40. The van der Waals surface area contributed by atoms with E-state index in [0.29, 0.717) is 11.6 Å². The van der Waals surface area contributed by atoms with Crippen LogP contribution in [-0.2, 0) is 0 Å². The van der Waals surface area contributed by atoms with E-state index < -0.39 is 4.92 Å². The molecule has 1 heterocycles. The first kappa shape index (κ1) is 11.6. The van der Waals surface area contributed by atoms with Gasteiger partial charge in [-0.2, -0.15) is 0 Å². The van der Waals surface area contributed by atoms with Crippen LogP contribution in [0.2, 0.25) is 0 Å². The highest BCUT2D eigenvalue weighted by molar-refractivity contribution is 5.55. The van der Waals surface area contributed by atoms with Crippen LogP contribution >= 0.6 is 0 Å². The second kappa shape index (κ2) is 4.57. The maximum absolute atomic E-state index is 10.8. The molecule has 17 heavy (non-hydrogen) atoms. The number of hydrogen-bond donors (Lipinski definition) is 1. The summed E-state index contributed by atoms with van der Waals surface area (Å²) in [6, 6.07) is 2.96. The molecule has 1 aromatic rings. The van der Waals surface area contributed by atoms with Crippen molar-refractivity contribution in [3.8, 4) is 0 Å². The number of pyridine rings is 1. The highest BCUT2D eigenvalue weighted by atomic mass is 16.6. The maximum Gasteiger partial charge on any atom is 0.276 e. The minimum absolute atomic E-state index is 0.0713. The summed E-state index contributed by atoms with van der Waals surface area (Å²) in [6.45, 7) is 0.914. The normalized spacial score (nSPS) is 14.5. The van der Waals surface area contributed by atoms with E-state index in [9.17, 15) is 10.1 Å². The van der Waals surface area contributed by atoms with Crippen LogP contribution in [0.5, 0.6) is 0 Å². The quantitative estimate of drug-likeness (QED) is 0.624. The molecule has 0 unspecified atom stereocenters. The zero-order valence-corrected chi connectivity index (χ0v) is 10.0. The van der Waals surface area contributed by atoms with E-state index in [1.165, 1.54) is 25.0 Å². The average molecular weight is 236 g/mol. The van der Waals surface area contributed by atoms with E-state index in [-0.39, 0.29) is 5.69 Å². The lowest BCUT2D eigenvalue weighted by atomic mass is 10.3. The average Bonchev–Trinajstić information content (AvgIpc) is 3.12. The zero-order chi connectivity index (χ0) is 12.4. The van der Waals surface area contributed by atoms with Crippen LogP contribution in [0, 0.1) is 16.0 Å². The predicted molar refractivity (Wildman–Crippen MR) is 66.4 cm³/mol. The van der Waals surface area contributed by atoms with Gasteiger partial charge in [0.2, 0.25) is 0 Å². The third kappa shape index (κ3) is 2.83. The molecule has 2 rings (SSSR count). The van der Waals surface area contributed by atoms with Gasteiger partial charge < -0.3 is 10.2 Å². The molecule has 0 spiro atoms. The first-order valence-corrected chi connectivity index (χ1v) is 5.65. The molecule has 1 aliphatic rings. The van der Waals surface area contributed by atoms with Crippen molar-refractivity contribution in [1.29, 1.82) is 0 Å². The van der Waals surface area contributed by atoms with Gasteiger partial charge in [0.25, 0.3) is 5.69 Å². The summed E-state index contributed by atoms with van der Waals surface area (Å²) in [5, 5.41) is 13.7. The lowest BCUT2D eigenvalue weighted by Gasteiger charge is -2.18. The van der Waals surface area contributed by atoms with E-state index in [1.807, 2.05) is 11.9 Å². The summed E-state index contributed by atoms with van der Waals surface area (Å²) in [6.07, 6.45) is 2.50. The van der Waals surface area contributed by atoms with Crippen LogP contribution in [-0.4, -0.2) is 30.5 Å². The topological polar surface area (TPSA) is 71.3 Å². The summed E-state index contributed by atoms with van der Waals surface area (Å²) >= 11 is 0. The van der Waals surface area contributed by atoms with Gasteiger partial charge in [0.15, 0.2) is 0 Å². The van der Waals surface area contributed by atoms with E-state index in [1.54, 1.807) is 7.05 Å². The van der Waals surface area contributed by atoms with Crippen molar-refractivity contribution in [3.05, 3.63) is 22.2 Å². The number of nitro groups is 1. The third-order valence-corrected chi connectivity index (χ3v) is 2.88. The van der Waals surface area contributed by atoms with Gasteiger partial charge in [-0.25, -0.2) is 4.98 Å². The molecule has 1 saturated carbocycles. The molecular weight excluding hydrogens is 220 g/mol. The fraction of sp³-hybridized carbons (Fsp3) is 0.545. The number of nitrogens with zero attached hydrogens (tertiary/aromatic N) is 3. The maximum atomic E-state index is 10.8. The van der Waals surface area contributed by atoms with Crippen molar-refractivity contribution >= 4 is 17.3 Å². The fourth-order valence-electron chi connectivity index (χ4n) is 1.71. The summed E-state index contributed by atoms with van der Waals surface area (Å²) < 4.78 is 0. The molecular formula is C11H16N4O2. The largest absolute Gasteiger partial charge is 0.373 e. The van der Waals surface area contributed by atoms with Crippen LogP contribution in [0.4, 0.5) is 17.3 Å². The number of anilines is 2.